The zero-order valence-corrected chi connectivity index (χ0v) is 9.05. The van der Waals surface area contributed by atoms with E-state index in [0.717, 1.165) is 5.56 Å². The molecule has 0 saturated carbocycles. The van der Waals surface area contributed by atoms with Gasteiger partial charge in [-0.3, -0.25) is 0 Å². The smallest absolute Gasteiger partial charge is 0.223 e. The Kier molecular flexibility index (Phi) is 3.34. The van der Waals surface area contributed by atoms with E-state index in [1.807, 2.05) is 0 Å². The molecule has 0 fully saturated rings. The highest BCUT2D eigenvalue weighted by molar-refractivity contribution is 6.29. The van der Waals surface area contributed by atoms with E-state index in [1.165, 1.54) is 12.4 Å². The molecule has 82 valence electrons. The van der Waals surface area contributed by atoms with E-state index in [2.05, 4.69) is 9.97 Å². The largest absolute Gasteiger partial charge is 0.439 e. The van der Waals surface area contributed by atoms with Crippen molar-refractivity contribution in [1.82, 2.24) is 9.97 Å². The van der Waals surface area contributed by atoms with E-state index in [9.17, 15) is 0 Å². The predicted molar refractivity (Wildman–Crippen MR) is 59.5 cm³/mol. The fourth-order valence-corrected chi connectivity index (χ4v) is 1.29. The molecule has 1 aromatic carbocycles. The van der Waals surface area contributed by atoms with Crippen molar-refractivity contribution >= 4 is 11.6 Å². The van der Waals surface area contributed by atoms with Crippen molar-refractivity contribution < 1.29 is 9.84 Å². The average molecular weight is 237 g/mol. The van der Waals surface area contributed by atoms with Gasteiger partial charge in [-0.1, -0.05) is 23.7 Å². The Morgan fingerprint density at radius 1 is 1.19 bits per heavy atom. The summed E-state index contributed by atoms with van der Waals surface area (Å²) in [5, 5.41) is 9.21. The molecule has 0 spiro atoms. The summed E-state index contributed by atoms with van der Waals surface area (Å²) in [4.78, 5) is 7.66. The Hall–Kier alpha value is -1.65. The third-order valence-corrected chi connectivity index (χ3v) is 2.14. The Morgan fingerprint density at radius 2 is 1.94 bits per heavy atom. The molecule has 5 heteroatoms. The molecule has 2 aromatic rings. The number of benzene rings is 1. The lowest BCUT2D eigenvalue weighted by Crippen LogP contribution is -1.89. The van der Waals surface area contributed by atoms with Gasteiger partial charge in [-0.25, -0.2) is 9.97 Å². The first-order valence-corrected chi connectivity index (χ1v) is 5.01. The monoisotopic (exact) mass is 236 g/mol. The maximum Gasteiger partial charge on any atom is 0.223 e. The third-order valence-electron chi connectivity index (χ3n) is 1.94. The second-order valence-corrected chi connectivity index (χ2v) is 3.47. The van der Waals surface area contributed by atoms with Crippen molar-refractivity contribution in [3.05, 3.63) is 47.4 Å². The van der Waals surface area contributed by atoms with Gasteiger partial charge >= 0.3 is 0 Å². The fourth-order valence-electron chi connectivity index (χ4n) is 1.16. The maximum atomic E-state index is 8.88. The summed E-state index contributed by atoms with van der Waals surface area (Å²) in [7, 11) is 0. The highest BCUT2D eigenvalue weighted by Gasteiger charge is 2.00. The Morgan fingerprint density at radius 3 is 2.56 bits per heavy atom. The lowest BCUT2D eigenvalue weighted by molar-refractivity contribution is 0.281. The molecule has 1 aromatic heterocycles. The SMILES string of the molecule is OCc1ccc(Oc2cc(Cl)ncn2)cc1. The van der Waals surface area contributed by atoms with Crippen LogP contribution < -0.4 is 4.74 Å². The topological polar surface area (TPSA) is 55.2 Å². The molecule has 1 N–H and O–H groups in total. The summed E-state index contributed by atoms with van der Waals surface area (Å²) >= 11 is 5.69. The van der Waals surface area contributed by atoms with Crippen LogP contribution in [0.2, 0.25) is 5.15 Å². The zero-order valence-electron chi connectivity index (χ0n) is 8.30. The fraction of sp³-hybridized carbons (Fsp3) is 0.0909. The first-order chi connectivity index (χ1) is 7.78. The van der Waals surface area contributed by atoms with Crippen molar-refractivity contribution in [2.45, 2.75) is 6.61 Å². The molecule has 0 saturated heterocycles. The van der Waals surface area contributed by atoms with E-state index < -0.39 is 0 Å². The maximum absolute atomic E-state index is 8.88. The van der Waals surface area contributed by atoms with Gasteiger partial charge in [0.2, 0.25) is 5.88 Å². The van der Waals surface area contributed by atoms with Gasteiger partial charge in [0.1, 0.15) is 17.2 Å². The molecule has 0 aliphatic heterocycles. The minimum Gasteiger partial charge on any atom is -0.439 e. The first kappa shape index (κ1) is 10.9. The van der Waals surface area contributed by atoms with Gasteiger partial charge in [-0.2, -0.15) is 0 Å². The highest BCUT2D eigenvalue weighted by Crippen LogP contribution is 2.20. The quantitative estimate of drug-likeness (QED) is 0.832. The van der Waals surface area contributed by atoms with Gasteiger partial charge in [0.15, 0.2) is 0 Å². The number of aliphatic hydroxyl groups is 1. The summed E-state index contributed by atoms with van der Waals surface area (Å²) in [6, 6.07) is 8.58. The number of ether oxygens (including phenoxy) is 1. The van der Waals surface area contributed by atoms with Crippen LogP contribution >= 0.6 is 11.6 Å². The lowest BCUT2D eigenvalue weighted by Gasteiger charge is -2.04. The van der Waals surface area contributed by atoms with Crippen LogP contribution in [0.1, 0.15) is 5.56 Å². The van der Waals surface area contributed by atoms with E-state index >= 15 is 0 Å². The summed E-state index contributed by atoms with van der Waals surface area (Å²) < 4.78 is 5.44. The predicted octanol–water partition coefficient (Wildman–Crippen LogP) is 2.41. The van der Waals surface area contributed by atoms with Crippen LogP contribution in [0, 0.1) is 0 Å². The second-order valence-electron chi connectivity index (χ2n) is 3.08. The molecular weight excluding hydrogens is 228 g/mol. The minimum atomic E-state index is 0.0135. The van der Waals surface area contributed by atoms with Crippen LogP contribution in [-0.2, 0) is 6.61 Å². The molecule has 0 atom stereocenters. The zero-order chi connectivity index (χ0) is 11.4. The van der Waals surface area contributed by atoms with Gasteiger partial charge in [-0.05, 0) is 17.7 Å². The van der Waals surface area contributed by atoms with Crippen LogP contribution in [-0.4, -0.2) is 15.1 Å². The average Bonchev–Trinajstić information content (AvgIpc) is 2.30. The third kappa shape index (κ3) is 2.68. The molecular formula is C11H9ClN2O2. The second kappa shape index (κ2) is 4.92. The van der Waals surface area contributed by atoms with Crippen LogP contribution in [0.3, 0.4) is 0 Å². The van der Waals surface area contributed by atoms with Crippen molar-refractivity contribution in [3.8, 4) is 11.6 Å². The first-order valence-electron chi connectivity index (χ1n) is 4.63. The van der Waals surface area contributed by atoms with Crippen LogP contribution in [0.5, 0.6) is 11.6 Å². The number of rotatable bonds is 3. The Labute approximate surface area is 97.5 Å². The number of aromatic nitrogens is 2. The number of nitrogens with zero attached hydrogens (tertiary/aromatic N) is 2. The van der Waals surface area contributed by atoms with Crippen LogP contribution in [0.4, 0.5) is 0 Å². The van der Waals surface area contributed by atoms with Crippen molar-refractivity contribution in [3.63, 3.8) is 0 Å². The molecule has 0 bridgehead atoms. The van der Waals surface area contributed by atoms with Gasteiger partial charge in [0, 0.05) is 6.07 Å². The van der Waals surface area contributed by atoms with Gasteiger partial charge in [0.05, 0.1) is 6.61 Å². The molecule has 0 aliphatic rings. The molecule has 1 heterocycles. The van der Waals surface area contributed by atoms with E-state index in [1.54, 1.807) is 24.3 Å². The molecule has 4 nitrogen and oxygen atoms in total. The van der Waals surface area contributed by atoms with E-state index in [-0.39, 0.29) is 6.61 Å². The summed E-state index contributed by atoms with van der Waals surface area (Å²) in [5.41, 5.74) is 0.827. The molecule has 0 aliphatic carbocycles. The Balaban J connectivity index is 2.14. The van der Waals surface area contributed by atoms with Crippen molar-refractivity contribution in [2.24, 2.45) is 0 Å². The Bertz CT molecular complexity index is 474. The van der Waals surface area contributed by atoms with E-state index in [0.29, 0.717) is 16.8 Å². The van der Waals surface area contributed by atoms with Gasteiger partial charge in [0.25, 0.3) is 0 Å². The van der Waals surface area contributed by atoms with Crippen LogP contribution in [0.25, 0.3) is 0 Å². The summed E-state index contributed by atoms with van der Waals surface area (Å²) in [6.07, 6.45) is 1.33. The minimum absolute atomic E-state index is 0.0135. The number of hydrogen-bond donors (Lipinski definition) is 1. The molecule has 16 heavy (non-hydrogen) atoms. The molecule has 2 rings (SSSR count). The standard InChI is InChI=1S/C11H9ClN2O2/c12-10-5-11(14-7-13-10)16-9-3-1-8(6-15)2-4-9/h1-5,7,15H,6H2. The van der Waals surface area contributed by atoms with Crippen molar-refractivity contribution in [1.29, 1.82) is 0 Å². The van der Waals surface area contributed by atoms with Gasteiger partial charge in [-0.15, -0.1) is 0 Å². The van der Waals surface area contributed by atoms with Crippen LogP contribution in [0.15, 0.2) is 36.7 Å². The number of aliphatic hydroxyl groups excluding tert-OH is 1. The molecule has 0 unspecified atom stereocenters. The molecule has 0 amide bonds. The van der Waals surface area contributed by atoms with E-state index in [4.69, 9.17) is 21.4 Å². The summed E-state index contributed by atoms with van der Waals surface area (Å²) in [6.45, 7) is 0.0135. The normalized spacial score (nSPS) is 10.1. The lowest BCUT2D eigenvalue weighted by atomic mass is 10.2. The van der Waals surface area contributed by atoms with Crippen molar-refractivity contribution in [2.75, 3.05) is 0 Å². The van der Waals surface area contributed by atoms with Gasteiger partial charge < -0.3 is 9.84 Å². The molecule has 0 radical (unpaired) electrons. The number of hydrogen-bond acceptors (Lipinski definition) is 4. The summed E-state index contributed by atoms with van der Waals surface area (Å²) in [5.74, 6) is 1.02. The highest BCUT2D eigenvalue weighted by atomic mass is 35.5. The number of halogens is 1.